The third-order valence-electron chi connectivity index (χ3n) is 3.85. The van der Waals surface area contributed by atoms with Crippen LogP contribution in [0.5, 0.6) is 11.6 Å². The van der Waals surface area contributed by atoms with Crippen LogP contribution < -0.4 is 10.3 Å². The molecule has 2 N–H and O–H groups in total. The topological polar surface area (TPSA) is 79.6 Å². The van der Waals surface area contributed by atoms with Crippen molar-refractivity contribution < 1.29 is 9.84 Å². The summed E-state index contributed by atoms with van der Waals surface area (Å²) in [5, 5.41) is 14.2. The molecule has 0 aliphatic carbocycles. The highest BCUT2D eigenvalue weighted by molar-refractivity contribution is 5.98. The lowest BCUT2D eigenvalue weighted by Gasteiger charge is -2.04. The average molecular weight is 307 g/mol. The zero-order valence-corrected chi connectivity index (χ0v) is 12.3. The Morgan fingerprint density at radius 3 is 2.48 bits per heavy atom. The number of aromatic hydroxyl groups is 1. The molecular formula is C17H13N3O3. The maximum absolute atomic E-state index is 12.3. The van der Waals surface area contributed by atoms with Gasteiger partial charge in [0.2, 0.25) is 5.88 Å². The second kappa shape index (κ2) is 4.88. The summed E-state index contributed by atoms with van der Waals surface area (Å²) >= 11 is 0. The van der Waals surface area contributed by atoms with Crippen molar-refractivity contribution in [2.75, 3.05) is 7.11 Å². The molecule has 23 heavy (non-hydrogen) atoms. The Balaban J connectivity index is 2.07. The van der Waals surface area contributed by atoms with Crippen molar-refractivity contribution in [1.29, 1.82) is 0 Å². The summed E-state index contributed by atoms with van der Waals surface area (Å²) in [4.78, 5) is 16.5. The molecule has 0 aliphatic heterocycles. The third kappa shape index (κ3) is 1.96. The molecule has 2 heterocycles. The number of hydrogen-bond acceptors (Lipinski definition) is 4. The Morgan fingerprint density at radius 2 is 1.78 bits per heavy atom. The van der Waals surface area contributed by atoms with Crippen molar-refractivity contribution in [2.45, 2.75) is 0 Å². The molecule has 0 amide bonds. The van der Waals surface area contributed by atoms with Gasteiger partial charge < -0.3 is 9.84 Å². The van der Waals surface area contributed by atoms with Crippen molar-refractivity contribution >= 4 is 16.3 Å². The van der Waals surface area contributed by atoms with Gasteiger partial charge in [0.25, 0.3) is 5.56 Å². The van der Waals surface area contributed by atoms with Gasteiger partial charge in [0.15, 0.2) is 5.82 Å². The number of nitrogens with zero attached hydrogens (tertiary/aromatic N) is 2. The molecule has 4 aromatic rings. The molecule has 0 atom stereocenters. The molecule has 6 nitrogen and oxygen atoms in total. The molecule has 4 rings (SSSR count). The standard InChI is InChI=1S/C17H13N3O3/c1-23-11-8-6-10(7-9-11)15-18-17(22)14-12-4-2-3-5-13(12)16(21)19-20(14)15/h2-9,22H,1H3,(H,19,21). The Hall–Kier alpha value is -3.28. The minimum Gasteiger partial charge on any atom is -0.497 e. The first-order valence-electron chi connectivity index (χ1n) is 7.06. The SMILES string of the molecule is COc1ccc(-c2nc(O)c3c4ccccc4c(=O)[nH]n23)cc1. The van der Waals surface area contributed by atoms with Crippen LogP contribution in [-0.2, 0) is 0 Å². The Labute approximate surface area is 130 Å². The van der Waals surface area contributed by atoms with Crippen molar-refractivity contribution in [3.8, 4) is 23.0 Å². The quantitative estimate of drug-likeness (QED) is 0.596. The highest BCUT2D eigenvalue weighted by Crippen LogP contribution is 2.30. The van der Waals surface area contributed by atoms with Crippen LogP contribution in [0.25, 0.3) is 27.7 Å². The fourth-order valence-corrected chi connectivity index (χ4v) is 2.74. The van der Waals surface area contributed by atoms with Crippen LogP contribution in [0.1, 0.15) is 0 Å². The molecule has 0 spiro atoms. The number of hydrogen-bond donors (Lipinski definition) is 2. The van der Waals surface area contributed by atoms with Crippen molar-refractivity contribution in [3.63, 3.8) is 0 Å². The average Bonchev–Trinajstić information content (AvgIpc) is 2.92. The third-order valence-corrected chi connectivity index (χ3v) is 3.85. The van der Waals surface area contributed by atoms with Crippen LogP contribution in [0.15, 0.2) is 53.3 Å². The van der Waals surface area contributed by atoms with Gasteiger partial charge in [-0.15, -0.1) is 0 Å². The number of imidazole rings is 1. The summed E-state index contributed by atoms with van der Waals surface area (Å²) in [6.45, 7) is 0. The zero-order chi connectivity index (χ0) is 16.0. The van der Waals surface area contributed by atoms with Gasteiger partial charge in [0, 0.05) is 10.9 Å². The molecule has 6 heteroatoms. The monoisotopic (exact) mass is 307 g/mol. The minimum absolute atomic E-state index is 0.122. The van der Waals surface area contributed by atoms with Crippen molar-refractivity contribution in [1.82, 2.24) is 14.6 Å². The summed E-state index contributed by atoms with van der Waals surface area (Å²) in [6.07, 6.45) is 0. The summed E-state index contributed by atoms with van der Waals surface area (Å²) in [5.41, 5.74) is 0.998. The first kappa shape index (κ1) is 13.4. The van der Waals surface area contributed by atoms with E-state index >= 15 is 0 Å². The Kier molecular flexibility index (Phi) is 2.84. The van der Waals surface area contributed by atoms with Gasteiger partial charge in [0.1, 0.15) is 11.3 Å². The predicted molar refractivity (Wildman–Crippen MR) is 87.0 cm³/mol. The van der Waals surface area contributed by atoms with E-state index in [1.54, 1.807) is 37.4 Å². The summed E-state index contributed by atoms with van der Waals surface area (Å²) < 4.78 is 6.66. The predicted octanol–water partition coefficient (Wildman–Crippen LogP) is 2.56. The molecular weight excluding hydrogens is 294 g/mol. The van der Waals surface area contributed by atoms with E-state index < -0.39 is 0 Å². The van der Waals surface area contributed by atoms with E-state index in [2.05, 4.69) is 10.1 Å². The molecule has 0 fully saturated rings. The van der Waals surface area contributed by atoms with Gasteiger partial charge in [-0.05, 0) is 30.3 Å². The molecule has 2 aromatic heterocycles. The molecule has 0 aliphatic rings. The van der Waals surface area contributed by atoms with E-state index in [0.29, 0.717) is 22.1 Å². The second-order valence-corrected chi connectivity index (χ2v) is 5.16. The number of rotatable bonds is 2. The van der Waals surface area contributed by atoms with Crippen LogP contribution >= 0.6 is 0 Å². The number of H-pyrrole nitrogens is 1. The lowest BCUT2D eigenvalue weighted by Crippen LogP contribution is -2.12. The summed E-state index contributed by atoms with van der Waals surface area (Å²) in [6, 6.07) is 14.3. The number of aromatic nitrogens is 3. The lowest BCUT2D eigenvalue weighted by atomic mass is 10.1. The number of benzene rings is 2. The van der Waals surface area contributed by atoms with Gasteiger partial charge >= 0.3 is 0 Å². The van der Waals surface area contributed by atoms with E-state index in [4.69, 9.17) is 4.74 Å². The maximum atomic E-state index is 12.3. The summed E-state index contributed by atoms with van der Waals surface area (Å²) in [7, 11) is 1.59. The largest absolute Gasteiger partial charge is 0.497 e. The van der Waals surface area contributed by atoms with Crippen LogP contribution in [0, 0.1) is 0 Å². The maximum Gasteiger partial charge on any atom is 0.270 e. The van der Waals surface area contributed by atoms with E-state index in [1.807, 2.05) is 18.2 Å². The van der Waals surface area contributed by atoms with Gasteiger partial charge in [-0.1, -0.05) is 18.2 Å². The molecule has 114 valence electrons. The summed E-state index contributed by atoms with van der Waals surface area (Å²) in [5.74, 6) is 1.06. The number of nitrogens with one attached hydrogen (secondary N) is 1. The fraction of sp³-hybridized carbons (Fsp3) is 0.0588. The van der Waals surface area contributed by atoms with Gasteiger partial charge in [-0.2, -0.15) is 4.98 Å². The van der Waals surface area contributed by atoms with Gasteiger partial charge in [-0.25, -0.2) is 4.52 Å². The molecule has 0 saturated carbocycles. The van der Waals surface area contributed by atoms with E-state index in [1.165, 1.54) is 4.52 Å². The normalized spacial score (nSPS) is 11.2. The Bertz CT molecular complexity index is 1080. The first-order chi connectivity index (χ1) is 11.2. The highest BCUT2D eigenvalue weighted by atomic mass is 16.5. The van der Waals surface area contributed by atoms with Crippen LogP contribution in [0.4, 0.5) is 0 Å². The number of ether oxygens (including phenoxy) is 1. The van der Waals surface area contributed by atoms with E-state index in [9.17, 15) is 9.90 Å². The van der Waals surface area contributed by atoms with Gasteiger partial charge in [-0.3, -0.25) is 9.89 Å². The number of aromatic amines is 1. The van der Waals surface area contributed by atoms with Crippen LogP contribution in [0.2, 0.25) is 0 Å². The lowest BCUT2D eigenvalue weighted by molar-refractivity contribution is 0.415. The minimum atomic E-state index is -0.236. The van der Waals surface area contributed by atoms with Crippen molar-refractivity contribution in [3.05, 3.63) is 58.9 Å². The van der Waals surface area contributed by atoms with Crippen LogP contribution in [-0.4, -0.2) is 26.8 Å². The van der Waals surface area contributed by atoms with Gasteiger partial charge in [0.05, 0.1) is 12.5 Å². The molecule has 2 aromatic carbocycles. The first-order valence-corrected chi connectivity index (χ1v) is 7.06. The molecule has 0 radical (unpaired) electrons. The molecule has 0 bridgehead atoms. The smallest absolute Gasteiger partial charge is 0.270 e. The molecule has 0 unspecified atom stereocenters. The van der Waals surface area contributed by atoms with Crippen LogP contribution in [0.3, 0.4) is 0 Å². The zero-order valence-electron chi connectivity index (χ0n) is 12.3. The van der Waals surface area contributed by atoms with E-state index in [0.717, 1.165) is 11.3 Å². The second-order valence-electron chi connectivity index (χ2n) is 5.16. The van der Waals surface area contributed by atoms with Crippen molar-refractivity contribution in [2.24, 2.45) is 0 Å². The van der Waals surface area contributed by atoms with E-state index in [-0.39, 0.29) is 11.4 Å². The number of methoxy groups -OCH3 is 1. The molecule has 0 saturated heterocycles. The Morgan fingerprint density at radius 1 is 1.09 bits per heavy atom. The fourth-order valence-electron chi connectivity index (χ4n) is 2.74. The number of fused-ring (bicyclic) bond motifs is 3. The highest BCUT2D eigenvalue weighted by Gasteiger charge is 2.16.